The van der Waals surface area contributed by atoms with Gasteiger partial charge in [0.05, 0.1) is 5.56 Å². The first-order valence-electron chi connectivity index (χ1n) is 6.71. The predicted molar refractivity (Wildman–Crippen MR) is 82.9 cm³/mol. The Kier molecular flexibility index (Phi) is 7.33. The molecule has 1 aromatic heterocycles. The molecular formula is C14H23N3OS. The minimum atomic E-state index is -0.0485. The number of hydrogen-bond donors (Lipinski definition) is 2. The van der Waals surface area contributed by atoms with E-state index in [9.17, 15) is 4.79 Å². The molecule has 0 saturated carbocycles. The van der Waals surface area contributed by atoms with E-state index < -0.39 is 0 Å². The zero-order valence-corrected chi connectivity index (χ0v) is 12.7. The van der Waals surface area contributed by atoms with E-state index in [4.69, 9.17) is 0 Å². The maximum absolute atomic E-state index is 12.3. The van der Waals surface area contributed by atoms with Gasteiger partial charge in [-0.25, -0.2) is 4.98 Å². The predicted octanol–water partition coefficient (Wildman–Crippen LogP) is 2.77. The number of aromatic nitrogens is 1. The van der Waals surface area contributed by atoms with Gasteiger partial charge in [-0.2, -0.15) is 11.8 Å². The number of rotatable bonds is 8. The molecular weight excluding hydrogens is 258 g/mol. The topological polar surface area (TPSA) is 54.0 Å². The molecule has 0 radical (unpaired) electrons. The zero-order chi connectivity index (χ0) is 14.1. The van der Waals surface area contributed by atoms with Crippen LogP contribution in [0.3, 0.4) is 0 Å². The second-order valence-electron chi connectivity index (χ2n) is 4.36. The van der Waals surface area contributed by atoms with Gasteiger partial charge in [0, 0.05) is 24.5 Å². The Balaban J connectivity index is 2.75. The molecule has 1 unspecified atom stereocenters. The van der Waals surface area contributed by atoms with Crippen LogP contribution in [0.5, 0.6) is 0 Å². The van der Waals surface area contributed by atoms with Crippen LogP contribution in [0.15, 0.2) is 18.3 Å². The molecule has 0 aromatic carbocycles. The van der Waals surface area contributed by atoms with Crippen LogP contribution in [-0.4, -0.2) is 35.5 Å². The molecule has 0 bridgehead atoms. The minimum absolute atomic E-state index is 0.0485. The highest BCUT2D eigenvalue weighted by molar-refractivity contribution is 7.98. The molecule has 0 fully saturated rings. The molecule has 1 rings (SSSR count). The summed E-state index contributed by atoms with van der Waals surface area (Å²) >= 11 is 1.74. The van der Waals surface area contributed by atoms with Gasteiger partial charge in [-0.3, -0.25) is 4.79 Å². The average molecular weight is 281 g/mol. The fraction of sp³-hybridized carbons (Fsp3) is 0.571. The highest BCUT2D eigenvalue weighted by atomic mass is 32.2. The normalized spacial score (nSPS) is 11.9. The number of nitrogens with one attached hydrogen (secondary N) is 2. The van der Waals surface area contributed by atoms with Crippen LogP contribution >= 0.6 is 11.8 Å². The average Bonchev–Trinajstić information content (AvgIpc) is 2.44. The third-order valence-corrected chi connectivity index (χ3v) is 3.53. The van der Waals surface area contributed by atoms with E-state index in [1.807, 2.05) is 12.3 Å². The Morgan fingerprint density at radius 1 is 1.47 bits per heavy atom. The fourth-order valence-electron chi connectivity index (χ4n) is 1.70. The molecule has 1 heterocycles. The molecule has 1 amide bonds. The standard InChI is InChI=1S/C14H23N3OS/c1-4-8-15-13-12(7-6-9-16-13)14(18)17-11(5-2)10-19-3/h6-7,9,11H,4-5,8,10H2,1-3H3,(H,15,16)(H,17,18). The van der Waals surface area contributed by atoms with Gasteiger partial charge in [-0.15, -0.1) is 0 Å². The summed E-state index contributed by atoms with van der Waals surface area (Å²) in [5, 5.41) is 6.25. The van der Waals surface area contributed by atoms with Crippen molar-refractivity contribution in [1.29, 1.82) is 0 Å². The smallest absolute Gasteiger partial charge is 0.255 e. The number of anilines is 1. The van der Waals surface area contributed by atoms with Gasteiger partial charge in [0.15, 0.2) is 0 Å². The van der Waals surface area contributed by atoms with Crippen molar-refractivity contribution in [2.75, 3.05) is 23.9 Å². The summed E-state index contributed by atoms with van der Waals surface area (Å²) in [6.07, 6.45) is 5.69. The number of hydrogen-bond acceptors (Lipinski definition) is 4. The van der Waals surface area contributed by atoms with Crippen LogP contribution in [0.1, 0.15) is 37.0 Å². The van der Waals surface area contributed by atoms with Crippen molar-refractivity contribution >= 4 is 23.5 Å². The summed E-state index contributed by atoms with van der Waals surface area (Å²) in [6.45, 7) is 4.99. The first-order valence-corrected chi connectivity index (χ1v) is 8.10. The lowest BCUT2D eigenvalue weighted by atomic mass is 10.2. The van der Waals surface area contributed by atoms with Gasteiger partial charge in [0.1, 0.15) is 5.82 Å². The maximum Gasteiger partial charge on any atom is 0.255 e. The Bertz CT molecular complexity index is 398. The first-order chi connectivity index (χ1) is 9.22. The van der Waals surface area contributed by atoms with Crippen molar-refractivity contribution in [3.05, 3.63) is 23.9 Å². The lowest BCUT2D eigenvalue weighted by Gasteiger charge is -2.17. The Hall–Kier alpha value is -1.23. The molecule has 4 nitrogen and oxygen atoms in total. The number of carbonyl (C=O) groups is 1. The van der Waals surface area contributed by atoms with Gasteiger partial charge < -0.3 is 10.6 Å². The van der Waals surface area contributed by atoms with Gasteiger partial charge in [0.25, 0.3) is 5.91 Å². The van der Waals surface area contributed by atoms with Gasteiger partial charge in [0.2, 0.25) is 0 Å². The fourth-order valence-corrected chi connectivity index (χ4v) is 2.42. The largest absolute Gasteiger partial charge is 0.369 e. The van der Waals surface area contributed by atoms with Crippen LogP contribution in [0.25, 0.3) is 0 Å². The van der Waals surface area contributed by atoms with E-state index in [1.54, 1.807) is 24.0 Å². The van der Waals surface area contributed by atoms with E-state index in [0.717, 1.165) is 25.1 Å². The number of amides is 1. The molecule has 0 aliphatic heterocycles. The number of thioether (sulfide) groups is 1. The molecule has 5 heteroatoms. The highest BCUT2D eigenvalue weighted by Crippen LogP contribution is 2.12. The monoisotopic (exact) mass is 281 g/mol. The quantitative estimate of drug-likeness (QED) is 0.769. The molecule has 1 aromatic rings. The highest BCUT2D eigenvalue weighted by Gasteiger charge is 2.15. The summed E-state index contributed by atoms with van der Waals surface area (Å²) in [5.74, 6) is 1.55. The third-order valence-electron chi connectivity index (χ3n) is 2.79. The molecule has 0 saturated heterocycles. The zero-order valence-electron chi connectivity index (χ0n) is 11.9. The molecule has 0 aliphatic carbocycles. The summed E-state index contributed by atoms with van der Waals surface area (Å²) in [4.78, 5) is 16.5. The van der Waals surface area contributed by atoms with Crippen molar-refractivity contribution in [3.63, 3.8) is 0 Å². The Morgan fingerprint density at radius 2 is 2.26 bits per heavy atom. The van der Waals surface area contributed by atoms with E-state index >= 15 is 0 Å². The molecule has 2 N–H and O–H groups in total. The van der Waals surface area contributed by atoms with Crippen LogP contribution in [0, 0.1) is 0 Å². The SMILES string of the molecule is CCCNc1ncccc1C(=O)NC(CC)CSC. The lowest BCUT2D eigenvalue weighted by Crippen LogP contribution is -2.36. The van der Waals surface area contributed by atoms with Crippen LogP contribution in [-0.2, 0) is 0 Å². The second-order valence-corrected chi connectivity index (χ2v) is 5.27. The van der Waals surface area contributed by atoms with E-state index in [2.05, 4.69) is 29.5 Å². The van der Waals surface area contributed by atoms with Crippen LogP contribution in [0.2, 0.25) is 0 Å². The van der Waals surface area contributed by atoms with Gasteiger partial charge in [-0.1, -0.05) is 13.8 Å². The van der Waals surface area contributed by atoms with Gasteiger partial charge >= 0.3 is 0 Å². The van der Waals surface area contributed by atoms with Crippen molar-refractivity contribution in [2.24, 2.45) is 0 Å². The summed E-state index contributed by atoms with van der Waals surface area (Å²) in [5.41, 5.74) is 0.621. The van der Waals surface area contributed by atoms with E-state index in [0.29, 0.717) is 11.4 Å². The van der Waals surface area contributed by atoms with E-state index in [-0.39, 0.29) is 11.9 Å². The minimum Gasteiger partial charge on any atom is -0.369 e. The van der Waals surface area contributed by atoms with Crippen LogP contribution < -0.4 is 10.6 Å². The van der Waals surface area contributed by atoms with Crippen molar-refractivity contribution in [2.45, 2.75) is 32.7 Å². The second kappa shape index (κ2) is 8.80. The van der Waals surface area contributed by atoms with Gasteiger partial charge in [-0.05, 0) is 31.2 Å². The number of nitrogens with zero attached hydrogens (tertiary/aromatic N) is 1. The maximum atomic E-state index is 12.3. The summed E-state index contributed by atoms with van der Waals surface area (Å²) < 4.78 is 0. The molecule has 1 atom stereocenters. The molecule has 106 valence electrons. The number of carbonyl (C=O) groups excluding carboxylic acids is 1. The summed E-state index contributed by atoms with van der Waals surface area (Å²) in [7, 11) is 0. The first kappa shape index (κ1) is 15.8. The van der Waals surface area contributed by atoms with Crippen LogP contribution in [0.4, 0.5) is 5.82 Å². The van der Waals surface area contributed by atoms with Crippen molar-refractivity contribution in [3.8, 4) is 0 Å². The molecule has 19 heavy (non-hydrogen) atoms. The van der Waals surface area contributed by atoms with E-state index in [1.165, 1.54) is 0 Å². The van der Waals surface area contributed by atoms with Crippen molar-refractivity contribution < 1.29 is 4.79 Å². The molecule has 0 spiro atoms. The Morgan fingerprint density at radius 3 is 2.89 bits per heavy atom. The molecule has 0 aliphatic rings. The summed E-state index contributed by atoms with van der Waals surface area (Å²) in [6, 6.07) is 3.81. The third kappa shape index (κ3) is 5.11. The Labute approximate surface area is 119 Å². The lowest BCUT2D eigenvalue weighted by molar-refractivity contribution is 0.0940. The van der Waals surface area contributed by atoms with Crippen molar-refractivity contribution in [1.82, 2.24) is 10.3 Å². The number of pyridine rings is 1.